The quantitative estimate of drug-likeness (QED) is 0.714. The van der Waals surface area contributed by atoms with Crippen LogP contribution >= 0.6 is 34.8 Å². The number of hydrogen-bond donors (Lipinski definition) is 0. The summed E-state index contributed by atoms with van der Waals surface area (Å²) in [5, 5.41) is -0.325. The maximum absolute atomic E-state index is 12.1. The first-order chi connectivity index (χ1) is 5.54. The van der Waals surface area contributed by atoms with Crippen molar-refractivity contribution in [2.75, 3.05) is 0 Å². The van der Waals surface area contributed by atoms with Crippen LogP contribution in [0.3, 0.4) is 0 Å². The minimum absolute atomic E-state index is 0.0612. The van der Waals surface area contributed by atoms with E-state index in [9.17, 15) is 8.78 Å². The Labute approximate surface area is 82.3 Å². The summed E-state index contributed by atoms with van der Waals surface area (Å²) in [6.45, 7) is 0. The van der Waals surface area contributed by atoms with Crippen molar-refractivity contribution in [3.8, 4) is 0 Å². The van der Waals surface area contributed by atoms with Gasteiger partial charge >= 0.3 is 0 Å². The van der Waals surface area contributed by atoms with Gasteiger partial charge in [-0.1, -0.05) is 34.8 Å². The summed E-state index contributed by atoms with van der Waals surface area (Å²) < 4.78 is 24.2. The molecule has 0 saturated heterocycles. The maximum atomic E-state index is 12.1. The SMILES string of the molecule is FC(F)c1ncc(Cl)c(Cl)c1Cl. The topological polar surface area (TPSA) is 12.9 Å². The molecule has 0 unspecified atom stereocenters. The fourth-order valence-electron chi connectivity index (χ4n) is 0.609. The van der Waals surface area contributed by atoms with Gasteiger partial charge in [-0.3, -0.25) is 4.98 Å². The first-order valence-corrected chi connectivity index (χ1v) is 3.95. The second-order valence-electron chi connectivity index (χ2n) is 1.92. The normalized spacial score (nSPS) is 10.8. The molecule has 66 valence electrons. The lowest BCUT2D eigenvalue weighted by molar-refractivity contribution is 0.146. The van der Waals surface area contributed by atoms with Gasteiger partial charge < -0.3 is 0 Å². The van der Waals surface area contributed by atoms with Gasteiger partial charge in [0, 0.05) is 6.20 Å². The zero-order valence-electron chi connectivity index (χ0n) is 5.49. The summed E-state index contributed by atoms with van der Waals surface area (Å²) in [6.07, 6.45) is -1.70. The van der Waals surface area contributed by atoms with E-state index in [2.05, 4.69) is 4.98 Å². The molecule has 0 aliphatic rings. The Morgan fingerprint density at radius 1 is 1.17 bits per heavy atom. The highest BCUT2D eigenvalue weighted by atomic mass is 35.5. The molecule has 0 aromatic carbocycles. The van der Waals surface area contributed by atoms with Gasteiger partial charge in [-0.2, -0.15) is 0 Å². The van der Waals surface area contributed by atoms with Gasteiger partial charge in [-0.05, 0) is 0 Å². The second-order valence-corrected chi connectivity index (χ2v) is 3.08. The maximum Gasteiger partial charge on any atom is 0.281 e. The molecule has 0 amide bonds. The van der Waals surface area contributed by atoms with Crippen LogP contribution in [0.25, 0.3) is 0 Å². The molecule has 0 aliphatic carbocycles. The highest BCUT2D eigenvalue weighted by Crippen LogP contribution is 2.34. The van der Waals surface area contributed by atoms with Gasteiger partial charge in [-0.15, -0.1) is 0 Å². The molecule has 1 heterocycles. The predicted octanol–water partition coefficient (Wildman–Crippen LogP) is 3.98. The molecular formula is C6H2Cl3F2N. The predicted molar refractivity (Wildman–Crippen MR) is 44.2 cm³/mol. The van der Waals surface area contributed by atoms with E-state index in [1.54, 1.807) is 0 Å². The van der Waals surface area contributed by atoms with Crippen LogP contribution in [0.1, 0.15) is 12.1 Å². The fourth-order valence-corrected chi connectivity index (χ4v) is 1.18. The summed E-state index contributed by atoms with van der Waals surface area (Å²) in [7, 11) is 0. The van der Waals surface area contributed by atoms with Gasteiger partial charge in [0.25, 0.3) is 6.43 Å². The number of pyridine rings is 1. The van der Waals surface area contributed by atoms with E-state index in [0.717, 1.165) is 6.20 Å². The van der Waals surface area contributed by atoms with Crippen LogP contribution < -0.4 is 0 Å². The molecule has 0 spiro atoms. The molecule has 1 aromatic rings. The zero-order chi connectivity index (χ0) is 9.30. The van der Waals surface area contributed by atoms with E-state index in [-0.39, 0.29) is 15.1 Å². The average molecular weight is 232 g/mol. The van der Waals surface area contributed by atoms with E-state index in [4.69, 9.17) is 34.8 Å². The number of hydrogen-bond acceptors (Lipinski definition) is 1. The van der Waals surface area contributed by atoms with Crippen LogP contribution in [-0.2, 0) is 0 Å². The molecule has 0 aliphatic heterocycles. The largest absolute Gasteiger partial charge is 0.281 e. The van der Waals surface area contributed by atoms with Gasteiger partial charge in [-0.25, -0.2) is 8.78 Å². The third-order valence-corrected chi connectivity index (χ3v) is 2.41. The molecular weight excluding hydrogens is 230 g/mol. The Kier molecular flexibility index (Phi) is 3.09. The van der Waals surface area contributed by atoms with Crippen molar-refractivity contribution in [3.63, 3.8) is 0 Å². The van der Waals surface area contributed by atoms with Crippen molar-refractivity contribution in [2.45, 2.75) is 6.43 Å². The van der Waals surface area contributed by atoms with E-state index in [1.807, 2.05) is 0 Å². The summed E-state index contributed by atoms with van der Waals surface area (Å²) in [5.74, 6) is 0. The van der Waals surface area contributed by atoms with Gasteiger partial charge in [0.1, 0.15) is 5.69 Å². The molecule has 1 aromatic heterocycles. The Hall–Kier alpha value is -0.120. The van der Waals surface area contributed by atoms with Gasteiger partial charge in [0.05, 0.1) is 15.1 Å². The Morgan fingerprint density at radius 2 is 1.75 bits per heavy atom. The fraction of sp³-hybridized carbons (Fsp3) is 0.167. The van der Waals surface area contributed by atoms with Crippen molar-refractivity contribution in [3.05, 3.63) is 27.0 Å². The van der Waals surface area contributed by atoms with Crippen LogP contribution in [0.2, 0.25) is 15.1 Å². The van der Waals surface area contributed by atoms with E-state index in [0.29, 0.717) is 0 Å². The van der Waals surface area contributed by atoms with Gasteiger partial charge in [0.15, 0.2) is 0 Å². The molecule has 12 heavy (non-hydrogen) atoms. The highest BCUT2D eigenvalue weighted by Gasteiger charge is 2.17. The van der Waals surface area contributed by atoms with Crippen molar-refractivity contribution < 1.29 is 8.78 Å². The Bertz CT molecular complexity index is 303. The van der Waals surface area contributed by atoms with Crippen LogP contribution in [-0.4, -0.2) is 4.98 Å². The summed E-state index contributed by atoms with van der Waals surface area (Å²) in [6, 6.07) is 0. The van der Waals surface area contributed by atoms with Crippen LogP contribution in [0.5, 0.6) is 0 Å². The van der Waals surface area contributed by atoms with E-state index in [1.165, 1.54) is 0 Å². The monoisotopic (exact) mass is 231 g/mol. The minimum Gasteiger partial charge on any atom is -0.252 e. The summed E-state index contributed by atoms with van der Waals surface area (Å²) in [5.41, 5.74) is -0.550. The van der Waals surface area contributed by atoms with Crippen molar-refractivity contribution in [1.82, 2.24) is 4.98 Å². The number of alkyl halides is 2. The number of rotatable bonds is 1. The molecule has 0 bridgehead atoms. The third kappa shape index (κ3) is 1.79. The van der Waals surface area contributed by atoms with Crippen LogP contribution in [0, 0.1) is 0 Å². The molecule has 1 nitrogen and oxygen atoms in total. The highest BCUT2D eigenvalue weighted by molar-refractivity contribution is 6.48. The lowest BCUT2D eigenvalue weighted by Crippen LogP contribution is -1.91. The number of halogens is 5. The average Bonchev–Trinajstić information content (AvgIpc) is 2.00. The molecule has 0 fully saturated rings. The van der Waals surface area contributed by atoms with Gasteiger partial charge in [0.2, 0.25) is 0 Å². The van der Waals surface area contributed by atoms with Crippen molar-refractivity contribution in [1.29, 1.82) is 0 Å². The molecule has 0 N–H and O–H groups in total. The van der Waals surface area contributed by atoms with E-state index < -0.39 is 12.1 Å². The van der Waals surface area contributed by atoms with Crippen molar-refractivity contribution in [2.24, 2.45) is 0 Å². The first kappa shape index (κ1) is 9.96. The standard InChI is InChI=1S/C6H2Cl3F2N/c7-2-1-12-5(6(10)11)4(9)3(2)8/h1,6H. The number of nitrogens with zero attached hydrogens (tertiary/aromatic N) is 1. The summed E-state index contributed by atoms with van der Waals surface area (Å²) in [4.78, 5) is 3.34. The Balaban J connectivity index is 3.27. The smallest absolute Gasteiger partial charge is 0.252 e. The molecule has 1 rings (SSSR count). The molecule has 6 heteroatoms. The van der Waals surface area contributed by atoms with Crippen LogP contribution in [0.4, 0.5) is 8.78 Å². The zero-order valence-corrected chi connectivity index (χ0v) is 7.76. The van der Waals surface area contributed by atoms with Crippen LogP contribution in [0.15, 0.2) is 6.20 Å². The van der Waals surface area contributed by atoms with Crippen molar-refractivity contribution >= 4 is 34.8 Å². The molecule has 0 atom stereocenters. The summed E-state index contributed by atoms with van der Waals surface area (Å²) >= 11 is 16.4. The van der Waals surface area contributed by atoms with E-state index >= 15 is 0 Å². The molecule has 0 radical (unpaired) electrons. The first-order valence-electron chi connectivity index (χ1n) is 2.81. The lowest BCUT2D eigenvalue weighted by atomic mass is 10.3. The Morgan fingerprint density at radius 3 is 2.25 bits per heavy atom. The lowest BCUT2D eigenvalue weighted by Gasteiger charge is -2.03. The second kappa shape index (κ2) is 3.73. The molecule has 0 saturated carbocycles. The number of aromatic nitrogens is 1. The minimum atomic E-state index is -2.74. The third-order valence-electron chi connectivity index (χ3n) is 1.15.